The summed E-state index contributed by atoms with van der Waals surface area (Å²) in [5, 5.41) is 3.43. The molecule has 3 aromatic carbocycles. The second-order valence-electron chi connectivity index (χ2n) is 13.0. The predicted octanol–water partition coefficient (Wildman–Crippen LogP) is 5.10. The summed E-state index contributed by atoms with van der Waals surface area (Å²) in [4.78, 5) is 53.4. The second-order valence-corrected chi connectivity index (χ2v) is 17.3. The minimum absolute atomic E-state index is 0. The van der Waals surface area contributed by atoms with Crippen molar-refractivity contribution >= 4 is 60.1 Å². The summed E-state index contributed by atoms with van der Waals surface area (Å²) in [5.41, 5.74) is 4.96. The number of methoxy groups -OCH3 is 1. The van der Waals surface area contributed by atoms with Gasteiger partial charge >= 0.3 is 17.8 Å². The van der Waals surface area contributed by atoms with Gasteiger partial charge in [-0.1, -0.05) is 19.0 Å². The molecule has 0 saturated carbocycles. The summed E-state index contributed by atoms with van der Waals surface area (Å²) in [7, 11) is -1.55. The first-order valence-corrected chi connectivity index (χ1v) is 21.3. The number of sulfonamides is 1. The second kappa shape index (κ2) is 19.6. The molecule has 5 N–H and O–H groups in total. The Kier molecular flexibility index (Phi) is 15.8. The van der Waals surface area contributed by atoms with Gasteiger partial charge in [-0.3, -0.25) is 16.0 Å². The van der Waals surface area contributed by atoms with Gasteiger partial charge in [0.25, 0.3) is 5.56 Å². The molecule has 0 spiro atoms. The van der Waals surface area contributed by atoms with Crippen molar-refractivity contribution in [3.05, 3.63) is 128 Å². The number of benzene rings is 3. The maximum absolute atomic E-state index is 12.6. The van der Waals surface area contributed by atoms with Crippen molar-refractivity contribution in [3.63, 3.8) is 0 Å². The van der Waals surface area contributed by atoms with Gasteiger partial charge in [0.1, 0.15) is 11.6 Å². The molecule has 1 amide bonds. The molecular formula is C39H46ClN7O10S2. The minimum atomic E-state index is -3.52. The minimum Gasteiger partial charge on any atom is -0.465 e. The highest BCUT2D eigenvalue weighted by Crippen LogP contribution is 2.31. The number of amides is 1. The van der Waals surface area contributed by atoms with Crippen LogP contribution < -0.4 is 32.0 Å². The Labute approximate surface area is 346 Å². The number of nitrogens with one attached hydrogen (secondary N) is 3. The highest BCUT2D eigenvalue weighted by Gasteiger charge is 2.20. The van der Waals surface area contributed by atoms with Gasteiger partial charge in [-0.05, 0) is 97.8 Å². The lowest BCUT2D eigenvalue weighted by atomic mass is 10.00. The zero-order valence-corrected chi connectivity index (χ0v) is 34.9. The van der Waals surface area contributed by atoms with Crippen molar-refractivity contribution < 1.29 is 35.9 Å². The standard InChI is InChI=1S/C21H19ClN2O4.C16H17N3O4S.CH6N2O2S.CH4/c1-13-11-18(23-21(26)28-15-8-6-14(22)7-9-15)17(20(25)27-3)12-16(13)19-5-4-10-24(19)2;1-10-7-13-12(8-11(10)14-5-4-6-18(14)2)15(20)19(16(21)17-13)9-24(3,22)23;1-6(4,5)3-2;/h4-12H,1-3H3,(H,23,26);4-8H,9H2,1-3H3,(H,17,21);3H,2H2,1H3;1H4. The lowest BCUT2D eigenvalue weighted by Gasteiger charge is -2.15. The lowest BCUT2D eigenvalue weighted by molar-refractivity contribution is 0.0602. The number of aromatic amines is 1. The summed E-state index contributed by atoms with van der Waals surface area (Å²) >= 11 is 5.83. The normalized spacial score (nSPS) is 11.0. The van der Waals surface area contributed by atoms with Gasteiger partial charge in [-0.2, -0.15) is 4.83 Å². The van der Waals surface area contributed by atoms with Crippen LogP contribution in [0.5, 0.6) is 5.75 Å². The van der Waals surface area contributed by atoms with Gasteiger partial charge in [0.15, 0.2) is 9.84 Å². The van der Waals surface area contributed by atoms with Crippen molar-refractivity contribution in [1.82, 2.24) is 23.5 Å². The number of nitrogens with two attached hydrogens (primary N) is 1. The molecule has 0 aliphatic heterocycles. The Hall–Kier alpha value is -5.99. The zero-order chi connectivity index (χ0) is 43.1. The van der Waals surface area contributed by atoms with E-state index in [9.17, 15) is 36.0 Å². The van der Waals surface area contributed by atoms with E-state index in [2.05, 4.69) is 16.1 Å². The van der Waals surface area contributed by atoms with Crippen LogP contribution in [0.15, 0.2) is 94.8 Å². The maximum atomic E-state index is 12.6. The molecular weight excluding hydrogens is 826 g/mol. The molecule has 0 saturated heterocycles. The first-order valence-electron chi connectivity index (χ1n) is 17.0. The molecule has 3 aromatic heterocycles. The van der Waals surface area contributed by atoms with Crippen molar-refractivity contribution in [2.45, 2.75) is 27.2 Å². The number of esters is 1. The fraction of sp³-hybridized carbons (Fsp3) is 0.231. The molecule has 0 fully saturated rings. The summed E-state index contributed by atoms with van der Waals surface area (Å²) in [6.07, 6.45) is 5.05. The molecule has 0 bridgehead atoms. The number of aryl methyl sites for hydroxylation is 4. The van der Waals surface area contributed by atoms with E-state index in [-0.39, 0.29) is 18.4 Å². The average Bonchev–Trinajstić information content (AvgIpc) is 3.77. The number of anilines is 1. The van der Waals surface area contributed by atoms with Gasteiger partial charge in [-0.15, -0.1) is 0 Å². The van der Waals surface area contributed by atoms with Crippen LogP contribution in [0.1, 0.15) is 28.9 Å². The smallest absolute Gasteiger partial charge is 0.417 e. The Morgan fingerprint density at radius 2 is 1.37 bits per heavy atom. The van der Waals surface area contributed by atoms with Gasteiger partial charge in [0, 0.05) is 60.3 Å². The number of fused-ring (bicyclic) bond motifs is 1. The van der Waals surface area contributed by atoms with E-state index in [0.29, 0.717) is 26.5 Å². The number of ether oxygens (including phenoxy) is 2. The van der Waals surface area contributed by atoms with Crippen LogP contribution in [0.4, 0.5) is 10.5 Å². The zero-order valence-electron chi connectivity index (χ0n) is 32.5. The van der Waals surface area contributed by atoms with E-state index in [1.54, 1.807) is 53.4 Å². The van der Waals surface area contributed by atoms with Gasteiger partial charge < -0.3 is 23.6 Å². The summed E-state index contributed by atoms with van der Waals surface area (Å²) in [5.74, 6) is 3.59. The number of carbonyl (C=O) groups excluding carboxylic acids is 2. The molecule has 0 radical (unpaired) electrons. The molecule has 0 unspecified atom stereocenters. The Morgan fingerprint density at radius 3 is 1.85 bits per heavy atom. The molecule has 59 heavy (non-hydrogen) atoms. The number of hydrazine groups is 1. The van der Waals surface area contributed by atoms with E-state index in [1.807, 2.05) is 73.7 Å². The average molecular weight is 872 g/mol. The quantitative estimate of drug-likeness (QED) is 0.0892. The van der Waals surface area contributed by atoms with Crippen LogP contribution in [0.25, 0.3) is 33.4 Å². The van der Waals surface area contributed by atoms with E-state index in [4.69, 9.17) is 21.1 Å². The first-order chi connectivity index (χ1) is 27.1. The largest absolute Gasteiger partial charge is 0.465 e. The molecule has 6 aromatic rings. The number of hydrogen-bond donors (Lipinski definition) is 4. The third-order valence-corrected chi connectivity index (χ3v) is 9.78. The van der Waals surface area contributed by atoms with E-state index >= 15 is 0 Å². The van der Waals surface area contributed by atoms with E-state index in [1.165, 1.54) is 7.11 Å². The number of halogens is 1. The highest BCUT2D eigenvalue weighted by molar-refractivity contribution is 7.89. The van der Waals surface area contributed by atoms with E-state index < -0.39 is 49.0 Å². The SMILES string of the molecule is C.COC(=O)c1cc(-c2cccn2C)c(C)cc1NC(=O)Oc1ccc(Cl)cc1.CS(=O)(=O)NN.Cc1cc2[nH]c(=O)n(CS(C)(=O)=O)c(=O)c2cc1-c1cccn1C. The van der Waals surface area contributed by atoms with Crippen LogP contribution in [0.3, 0.4) is 0 Å². The van der Waals surface area contributed by atoms with Crippen molar-refractivity contribution in [3.8, 4) is 28.3 Å². The van der Waals surface area contributed by atoms with Crippen LogP contribution in [-0.2, 0) is 44.6 Å². The first kappa shape index (κ1) is 47.4. The third kappa shape index (κ3) is 12.5. The molecule has 6 rings (SSSR count). The number of hydrogen-bond acceptors (Lipinski definition) is 11. The number of carbonyl (C=O) groups is 2. The summed E-state index contributed by atoms with van der Waals surface area (Å²) < 4.78 is 57.2. The van der Waals surface area contributed by atoms with Crippen molar-refractivity contribution in [2.75, 3.05) is 24.9 Å². The molecule has 20 heteroatoms. The molecule has 3 heterocycles. The fourth-order valence-corrected chi connectivity index (χ4v) is 6.46. The topological polar surface area (TPSA) is 236 Å². The third-order valence-electron chi connectivity index (χ3n) is 8.37. The molecule has 0 atom stereocenters. The van der Waals surface area contributed by atoms with Gasteiger partial charge in [0.2, 0.25) is 10.0 Å². The van der Waals surface area contributed by atoms with Crippen LogP contribution >= 0.6 is 11.6 Å². The highest BCUT2D eigenvalue weighted by atomic mass is 35.5. The monoisotopic (exact) mass is 871 g/mol. The number of sulfone groups is 1. The fourth-order valence-electron chi connectivity index (χ4n) is 5.63. The Bertz CT molecular complexity index is 2830. The summed E-state index contributed by atoms with van der Waals surface area (Å²) in [6.45, 7) is 3.79. The van der Waals surface area contributed by atoms with Crippen LogP contribution in [-0.4, -0.2) is 67.2 Å². The van der Waals surface area contributed by atoms with Crippen molar-refractivity contribution in [2.24, 2.45) is 19.9 Å². The number of aromatic nitrogens is 4. The van der Waals surface area contributed by atoms with Gasteiger partial charge in [0.05, 0.1) is 35.5 Å². The molecule has 0 aliphatic carbocycles. The number of rotatable bonds is 8. The van der Waals surface area contributed by atoms with E-state index in [0.717, 1.165) is 46.2 Å². The van der Waals surface area contributed by atoms with Crippen molar-refractivity contribution in [1.29, 1.82) is 0 Å². The molecule has 316 valence electrons. The van der Waals surface area contributed by atoms with Gasteiger partial charge in [-0.25, -0.2) is 35.8 Å². The number of H-pyrrole nitrogens is 1. The maximum Gasteiger partial charge on any atom is 0.417 e. The summed E-state index contributed by atoms with van der Waals surface area (Å²) in [6, 6.07) is 20.9. The number of nitrogens with zero attached hydrogens (tertiary/aromatic N) is 3. The Morgan fingerprint density at radius 1 is 0.847 bits per heavy atom. The molecule has 17 nitrogen and oxygen atoms in total. The predicted molar refractivity (Wildman–Crippen MR) is 230 cm³/mol. The Balaban J connectivity index is 0.000000275. The van der Waals surface area contributed by atoms with Crippen LogP contribution in [0, 0.1) is 13.8 Å². The molecule has 0 aliphatic rings. The lowest BCUT2D eigenvalue weighted by Crippen LogP contribution is -2.37. The van der Waals surface area contributed by atoms with Crippen LogP contribution in [0.2, 0.25) is 5.02 Å².